The summed E-state index contributed by atoms with van der Waals surface area (Å²) < 4.78 is 5.49. The van der Waals surface area contributed by atoms with Gasteiger partial charge in [-0.2, -0.15) is 0 Å². The van der Waals surface area contributed by atoms with Crippen molar-refractivity contribution in [2.45, 2.75) is 45.7 Å². The van der Waals surface area contributed by atoms with Crippen LogP contribution in [0.25, 0.3) is 11.1 Å². The molecule has 1 N–H and O–H groups in total. The number of amides is 1. The van der Waals surface area contributed by atoms with Crippen molar-refractivity contribution < 1.29 is 9.53 Å². The van der Waals surface area contributed by atoms with Gasteiger partial charge in [0.2, 0.25) is 5.91 Å². The third-order valence-corrected chi connectivity index (χ3v) is 6.72. The van der Waals surface area contributed by atoms with Gasteiger partial charge in [0.1, 0.15) is 5.75 Å². The summed E-state index contributed by atoms with van der Waals surface area (Å²) in [5.41, 5.74) is 3.67. The molecule has 162 valence electrons. The van der Waals surface area contributed by atoms with E-state index in [1.165, 1.54) is 5.56 Å². The van der Waals surface area contributed by atoms with Crippen LogP contribution in [0.2, 0.25) is 0 Å². The molecule has 4 nitrogen and oxygen atoms in total. The average molecular weight is 429 g/mol. The topological polar surface area (TPSA) is 41.6 Å². The van der Waals surface area contributed by atoms with Gasteiger partial charge in [-0.15, -0.1) is 12.4 Å². The Morgan fingerprint density at radius 2 is 1.80 bits per heavy atom. The Balaban J connectivity index is 0.00000256. The van der Waals surface area contributed by atoms with E-state index in [1.807, 2.05) is 18.2 Å². The summed E-state index contributed by atoms with van der Waals surface area (Å²) >= 11 is 0. The van der Waals surface area contributed by atoms with E-state index in [0.29, 0.717) is 12.5 Å². The Hall–Kier alpha value is -2.04. The van der Waals surface area contributed by atoms with Gasteiger partial charge in [-0.1, -0.05) is 42.5 Å². The quantitative estimate of drug-likeness (QED) is 0.710. The molecule has 1 aliphatic carbocycles. The van der Waals surface area contributed by atoms with Gasteiger partial charge in [0.25, 0.3) is 0 Å². The molecule has 1 spiro atoms. The first-order chi connectivity index (χ1) is 14.0. The molecule has 0 aromatic heterocycles. The van der Waals surface area contributed by atoms with Gasteiger partial charge in [-0.3, -0.25) is 4.79 Å². The molecule has 2 aliphatic rings. The standard InChI is InChI=1S/C25H32N2O2.ClH/c1-18(2)27(24(28)22-16-25(22)12-14-26-15-13-25)17-19-8-10-20(11-9-19)21-6-4-5-7-23(21)29-3;/h4-11,18,22,26H,12-17H2,1-3H3;1H. The zero-order valence-corrected chi connectivity index (χ0v) is 19.0. The number of piperidine rings is 1. The molecule has 4 rings (SSSR count). The van der Waals surface area contributed by atoms with E-state index < -0.39 is 0 Å². The number of hydrogen-bond acceptors (Lipinski definition) is 3. The number of benzene rings is 2. The number of carbonyl (C=O) groups excluding carboxylic acids is 1. The SMILES string of the molecule is COc1ccccc1-c1ccc(CN(C(=O)C2CC23CCNCC3)C(C)C)cc1.Cl. The molecule has 0 bridgehead atoms. The molecular weight excluding hydrogens is 396 g/mol. The number of halogens is 1. The summed E-state index contributed by atoms with van der Waals surface area (Å²) in [6, 6.07) is 16.8. The van der Waals surface area contributed by atoms with Crippen LogP contribution in [0.3, 0.4) is 0 Å². The van der Waals surface area contributed by atoms with E-state index in [9.17, 15) is 4.79 Å². The van der Waals surface area contributed by atoms with Crippen molar-refractivity contribution in [2.75, 3.05) is 20.2 Å². The molecule has 0 radical (unpaired) electrons. The van der Waals surface area contributed by atoms with Crippen LogP contribution in [0.15, 0.2) is 48.5 Å². The molecule has 1 heterocycles. The van der Waals surface area contributed by atoms with E-state index in [0.717, 1.165) is 49.2 Å². The maximum Gasteiger partial charge on any atom is 0.226 e. The summed E-state index contributed by atoms with van der Waals surface area (Å²) in [7, 11) is 1.70. The van der Waals surface area contributed by atoms with Gasteiger partial charge in [0, 0.05) is 24.1 Å². The van der Waals surface area contributed by atoms with Crippen molar-refractivity contribution in [1.29, 1.82) is 0 Å². The highest BCUT2D eigenvalue weighted by Gasteiger charge is 2.58. The van der Waals surface area contributed by atoms with Gasteiger partial charge in [0.15, 0.2) is 0 Å². The molecule has 1 atom stereocenters. The Labute approximate surface area is 186 Å². The zero-order chi connectivity index (χ0) is 20.4. The van der Waals surface area contributed by atoms with E-state index in [-0.39, 0.29) is 29.8 Å². The van der Waals surface area contributed by atoms with E-state index in [1.54, 1.807) is 7.11 Å². The van der Waals surface area contributed by atoms with E-state index in [2.05, 4.69) is 54.4 Å². The summed E-state index contributed by atoms with van der Waals surface area (Å²) in [6.45, 7) is 7.02. The lowest BCUT2D eigenvalue weighted by Crippen LogP contribution is -2.40. The minimum Gasteiger partial charge on any atom is -0.496 e. The highest BCUT2D eigenvalue weighted by Crippen LogP contribution is 2.59. The van der Waals surface area contributed by atoms with Crippen molar-refractivity contribution in [1.82, 2.24) is 10.2 Å². The fourth-order valence-corrected chi connectivity index (χ4v) is 4.76. The van der Waals surface area contributed by atoms with Gasteiger partial charge in [-0.25, -0.2) is 0 Å². The third-order valence-electron chi connectivity index (χ3n) is 6.72. The monoisotopic (exact) mass is 428 g/mol. The molecule has 1 amide bonds. The molecule has 2 aromatic carbocycles. The summed E-state index contributed by atoms with van der Waals surface area (Å²) in [5, 5.41) is 3.42. The number of hydrogen-bond donors (Lipinski definition) is 1. The second kappa shape index (κ2) is 9.40. The molecule has 1 saturated heterocycles. The predicted octanol–water partition coefficient (Wildman–Crippen LogP) is 4.91. The van der Waals surface area contributed by atoms with Gasteiger partial charge in [-0.05, 0) is 68.8 Å². The normalized spacial score (nSPS) is 19.3. The average Bonchev–Trinajstić information content (AvgIpc) is 3.44. The fraction of sp³-hybridized carbons (Fsp3) is 0.480. The number of nitrogens with zero attached hydrogens (tertiary/aromatic N) is 1. The number of ether oxygens (including phenoxy) is 1. The maximum absolute atomic E-state index is 13.3. The first kappa shape index (κ1) is 22.6. The van der Waals surface area contributed by atoms with Crippen LogP contribution in [0, 0.1) is 11.3 Å². The molecule has 1 unspecified atom stereocenters. The molecule has 1 aliphatic heterocycles. The minimum atomic E-state index is 0. The number of rotatable bonds is 6. The molecule has 2 fully saturated rings. The van der Waals surface area contributed by atoms with Crippen molar-refractivity contribution in [3.05, 3.63) is 54.1 Å². The summed E-state index contributed by atoms with van der Waals surface area (Å²) in [6.07, 6.45) is 3.36. The Kier molecular flexibility index (Phi) is 7.10. The van der Waals surface area contributed by atoms with Crippen LogP contribution >= 0.6 is 12.4 Å². The first-order valence-electron chi connectivity index (χ1n) is 10.8. The van der Waals surface area contributed by atoms with Crippen molar-refractivity contribution >= 4 is 18.3 Å². The molecule has 5 heteroatoms. The summed E-state index contributed by atoms with van der Waals surface area (Å²) in [4.78, 5) is 15.4. The van der Waals surface area contributed by atoms with Gasteiger partial charge in [0.05, 0.1) is 7.11 Å². The highest BCUT2D eigenvalue weighted by molar-refractivity contribution is 5.85. The Morgan fingerprint density at radius 1 is 1.13 bits per heavy atom. The van der Waals surface area contributed by atoms with Crippen molar-refractivity contribution in [2.24, 2.45) is 11.3 Å². The number of para-hydroxylation sites is 1. The lowest BCUT2D eigenvalue weighted by molar-refractivity contribution is -0.136. The lowest BCUT2D eigenvalue weighted by atomic mass is 9.91. The second-order valence-corrected chi connectivity index (χ2v) is 8.83. The second-order valence-electron chi connectivity index (χ2n) is 8.83. The predicted molar refractivity (Wildman–Crippen MR) is 124 cm³/mol. The van der Waals surface area contributed by atoms with Gasteiger partial charge >= 0.3 is 0 Å². The molecule has 30 heavy (non-hydrogen) atoms. The van der Waals surface area contributed by atoms with Crippen LogP contribution in [-0.4, -0.2) is 37.0 Å². The molecule has 1 saturated carbocycles. The number of methoxy groups -OCH3 is 1. The van der Waals surface area contributed by atoms with Crippen molar-refractivity contribution in [3.63, 3.8) is 0 Å². The van der Waals surface area contributed by atoms with Crippen LogP contribution in [-0.2, 0) is 11.3 Å². The van der Waals surface area contributed by atoms with Crippen LogP contribution in [0.4, 0.5) is 0 Å². The minimum absolute atomic E-state index is 0. The zero-order valence-electron chi connectivity index (χ0n) is 18.2. The fourth-order valence-electron chi connectivity index (χ4n) is 4.76. The number of carbonyl (C=O) groups is 1. The van der Waals surface area contributed by atoms with Crippen LogP contribution < -0.4 is 10.1 Å². The maximum atomic E-state index is 13.3. The Bertz CT molecular complexity index is 860. The van der Waals surface area contributed by atoms with Crippen LogP contribution in [0.5, 0.6) is 5.75 Å². The largest absolute Gasteiger partial charge is 0.496 e. The van der Waals surface area contributed by atoms with Gasteiger partial charge < -0.3 is 15.0 Å². The van der Waals surface area contributed by atoms with E-state index in [4.69, 9.17) is 4.74 Å². The van der Waals surface area contributed by atoms with E-state index >= 15 is 0 Å². The highest BCUT2D eigenvalue weighted by atomic mass is 35.5. The Morgan fingerprint density at radius 3 is 2.43 bits per heavy atom. The number of nitrogens with one attached hydrogen (secondary N) is 1. The first-order valence-corrected chi connectivity index (χ1v) is 10.8. The van der Waals surface area contributed by atoms with Crippen molar-refractivity contribution in [3.8, 4) is 16.9 Å². The molecule has 2 aromatic rings. The third kappa shape index (κ3) is 4.50. The summed E-state index contributed by atoms with van der Waals surface area (Å²) in [5.74, 6) is 1.44. The van der Waals surface area contributed by atoms with Crippen LogP contribution in [0.1, 0.15) is 38.7 Å². The smallest absolute Gasteiger partial charge is 0.226 e. The lowest BCUT2D eigenvalue weighted by Gasteiger charge is -2.30. The molecular formula is C25H33ClN2O2.